The fraction of sp³-hybridized carbons (Fsp3) is 0.500. The Labute approximate surface area is 102 Å². The van der Waals surface area contributed by atoms with E-state index in [1.54, 1.807) is 0 Å². The van der Waals surface area contributed by atoms with E-state index in [4.69, 9.17) is 22.9 Å². The van der Waals surface area contributed by atoms with Crippen LogP contribution in [0.15, 0.2) is 0 Å². The van der Waals surface area contributed by atoms with Crippen molar-refractivity contribution in [1.29, 1.82) is 0 Å². The number of rotatable bonds is 0. The summed E-state index contributed by atoms with van der Waals surface area (Å²) in [5.74, 6) is -0.833. The van der Waals surface area contributed by atoms with E-state index in [1.807, 2.05) is 0 Å². The molecular weight excluding hydrogens is 255 g/mol. The zero-order valence-corrected chi connectivity index (χ0v) is 7.43. The number of carboxylic acid groups (broad SMARTS) is 1. The molecule has 0 aliphatic carbocycles. The average molecular weight is 262 g/mol. The summed E-state index contributed by atoms with van der Waals surface area (Å²) in [5.41, 5.74) is 0. The van der Waals surface area contributed by atoms with Crippen LogP contribution in [0, 0.1) is 0 Å². The maximum absolute atomic E-state index is 9.05. The maximum atomic E-state index is 9.05. The molecule has 0 fully saturated rings. The fourth-order valence-corrected chi connectivity index (χ4v) is 0. The Morgan fingerprint density at radius 2 is 1.45 bits per heavy atom. The van der Waals surface area contributed by atoms with Gasteiger partial charge in [0.25, 0.3) is 5.97 Å². The molecule has 2 N–H and O–H groups in total. The molecule has 1 radical (unpaired) electrons. The summed E-state index contributed by atoms with van der Waals surface area (Å²) in [6.07, 6.45) is 0. The van der Waals surface area contributed by atoms with Gasteiger partial charge in [-0.15, -0.1) is 0 Å². The quantitative estimate of drug-likeness (QED) is 0.229. The van der Waals surface area contributed by atoms with E-state index in [0.29, 0.717) is 0 Å². The molecule has 0 spiro atoms. The van der Waals surface area contributed by atoms with Crippen molar-refractivity contribution < 1.29 is 39.9 Å². The van der Waals surface area contributed by atoms with Crippen molar-refractivity contribution in [2.45, 2.75) is 6.92 Å². The molecule has 0 amide bonds. The van der Waals surface area contributed by atoms with Crippen molar-refractivity contribution in [3.8, 4) is 0 Å². The third kappa shape index (κ3) is 616. The predicted molar refractivity (Wildman–Crippen MR) is 41.0 cm³/mol. The van der Waals surface area contributed by atoms with Crippen LogP contribution in [0.2, 0.25) is 0 Å². The zero-order chi connectivity index (χ0) is 8.08. The first-order valence-electron chi connectivity index (χ1n) is 1.63. The molecule has 0 aromatic rings. The van der Waals surface area contributed by atoms with Crippen LogP contribution in [0.4, 0.5) is 0 Å². The summed E-state index contributed by atoms with van der Waals surface area (Å²) in [4.78, 5) is 9.00. The third-order valence-corrected chi connectivity index (χ3v) is 0. The number of hydrogen-bond donors (Lipinski definition) is 3. The van der Waals surface area contributed by atoms with Crippen LogP contribution >= 0.6 is 11.7 Å². The van der Waals surface area contributed by atoms with Gasteiger partial charge in [-0.3, -0.25) is 9.35 Å². The molecule has 0 bridgehead atoms. The molecule has 0 aliphatic rings. The molecule has 0 aromatic heterocycles. The van der Waals surface area contributed by atoms with Gasteiger partial charge in [0.15, 0.2) is 0 Å². The summed E-state index contributed by atoms with van der Waals surface area (Å²) in [7, 11) is -3.97. The Bertz CT molecular complexity index is 165. The standard InChI is InChI=1S/C2H4O2.Cu.Na.H2O3S2.H/c1-2(3)4;;;1-5(2,3)4;/h1H3,(H,3,4);;;(H2,1,2,3,4);. The van der Waals surface area contributed by atoms with Gasteiger partial charge in [-0.05, 0) is 11.7 Å². The first-order chi connectivity index (χ1) is 3.73. The van der Waals surface area contributed by atoms with Crippen LogP contribution in [0.1, 0.15) is 6.92 Å². The average Bonchev–Trinajstić information content (AvgIpc) is 1.19. The molecule has 0 rings (SSSR count). The van der Waals surface area contributed by atoms with Crippen molar-refractivity contribution in [3.63, 3.8) is 0 Å². The zero-order valence-electron chi connectivity index (χ0n) is 4.78. The van der Waals surface area contributed by atoms with Gasteiger partial charge >= 0.3 is 38.7 Å². The summed E-state index contributed by atoms with van der Waals surface area (Å²) in [5, 5.41) is 7.42. The topological polar surface area (TPSA) is 91.7 Å². The van der Waals surface area contributed by atoms with E-state index >= 15 is 0 Å². The number of carbonyl (C=O) groups is 1. The first-order valence-corrected chi connectivity index (χ1v) is 4.12. The molecule has 0 unspecified atom stereocenters. The van der Waals surface area contributed by atoms with Crippen molar-refractivity contribution in [1.82, 2.24) is 0 Å². The monoisotopic (exact) mass is 261 g/mol. The Morgan fingerprint density at radius 3 is 1.45 bits per heavy atom. The summed E-state index contributed by atoms with van der Waals surface area (Å²) < 4.78 is 25.5. The Balaban J connectivity index is -0.0000000383. The molecule has 0 heterocycles. The van der Waals surface area contributed by atoms with Gasteiger partial charge in [-0.2, -0.15) is 8.42 Å². The molecular formula is C2H7CuNaO5S2. The fourth-order valence-electron chi connectivity index (χ4n) is 0. The van der Waals surface area contributed by atoms with E-state index in [2.05, 4.69) is 11.7 Å². The van der Waals surface area contributed by atoms with E-state index in [0.717, 1.165) is 6.92 Å². The van der Waals surface area contributed by atoms with Crippen molar-refractivity contribution in [3.05, 3.63) is 0 Å². The van der Waals surface area contributed by atoms with Gasteiger partial charge in [0, 0.05) is 24.0 Å². The minimum atomic E-state index is -3.97. The Hall–Kier alpha value is 1.25. The number of thiol groups is 1. The summed E-state index contributed by atoms with van der Waals surface area (Å²) >= 11 is 2.65. The van der Waals surface area contributed by atoms with Crippen LogP contribution in [0.3, 0.4) is 0 Å². The van der Waals surface area contributed by atoms with E-state index in [-0.39, 0.29) is 46.6 Å². The van der Waals surface area contributed by atoms with Crippen LogP contribution in [-0.2, 0) is 31.0 Å². The number of hydrogen-bond acceptors (Lipinski definition) is 3. The molecule has 0 aromatic carbocycles. The normalized spacial score (nSPS) is 7.55. The second-order valence-corrected chi connectivity index (χ2v) is 3.25. The molecule has 0 aliphatic heterocycles. The molecule has 9 heteroatoms. The molecule has 0 atom stereocenters. The van der Waals surface area contributed by atoms with Crippen LogP contribution < -0.4 is 0 Å². The van der Waals surface area contributed by atoms with E-state index in [9.17, 15) is 0 Å². The van der Waals surface area contributed by atoms with Gasteiger partial charge in [0.05, 0.1) is 0 Å². The van der Waals surface area contributed by atoms with Gasteiger partial charge in [-0.1, -0.05) is 0 Å². The Kier molecular flexibility index (Phi) is 23.3. The van der Waals surface area contributed by atoms with Crippen LogP contribution in [0.25, 0.3) is 0 Å². The van der Waals surface area contributed by atoms with Crippen molar-refractivity contribution >= 4 is 56.3 Å². The third-order valence-electron chi connectivity index (χ3n) is 0. The number of carboxylic acids is 1. The molecule has 11 heavy (non-hydrogen) atoms. The van der Waals surface area contributed by atoms with Crippen molar-refractivity contribution in [2.24, 2.45) is 0 Å². The second kappa shape index (κ2) is 11.2. The Morgan fingerprint density at radius 1 is 1.45 bits per heavy atom. The van der Waals surface area contributed by atoms with Gasteiger partial charge in [0.1, 0.15) is 0 Å². The molecule has 5 nitrogen and oxygen atoms in total. The minimum absolute atomic E-state index is 0. The van der Waals surface area contributed by atoms with Gasteiger partial charge in [0.2, 0.25) is 0 Å². The molecule has 0 saturated carbocycles. The predicted octanol–water partition coefficient (Wildman–Crippen LogP) is -0.841. The summed E-state index contributed by atoms with van der Waals surface area (Å²) in [6, 6.07) is 0. The summed E-state index contributed by atoms with van der Waals surface area (Å²) in [6.45, 7) is 1.08. The van der Waals surface area contributed by atoms with Crippen molar-refractivity contribution in [2.75, 3.05) is 0 Å². The SMILES string of the molecule is CC(=O)O.O=S(=O)(O)S.[Cu].[NaH]. The molecule has 0 saturated heterocycles. The first kappa shape index (κ1) is 22.8. The van der Waals surface area contributed by atoms with Crippen LogP contribution in [-0.4, -0.2) is 53.6 Å². The van der Waals surface area contributed by atoms with Gasteiger partial charge in [-0.25, -0.2) is 0 Å². The number of aliphatic carboxylic acids is 1. The molecule has 69 valence electrons. The van der Waals surface area contributed by atoms with Gasteiger partial charge < -0.3 is 5.11 Å². The van der Waals surface area contributed by atoms with Crippen LogP contribution in [0.5, 0.6) is 0 Å². The van der Waals surface area contributed by atoms with E-state index < -0.39 is 15.1 Å². The second-order valence-electron chi connectivity index (χ2n) is 0.967. The van der Waals surface area contributed by atoms with E-state index in [1.165, 1.54) is 0 Å².